The maximum Gasteiger partial charge on any atom is 0.238 e. The molecule has 0 aliphatic carbocycles. The minimum atomic E-state index is -0.372. The molecule has 3 aromatic rings. The molecule has 0 aromatic carbocycles. The number of pyridine rings is 2. The van der Waals surface area contributed by atoms with E-state index in [1.165, 1.54) is 24.2 Å². The van der Waals surface area contributed by atoms with Crippen molar-refractivity contribution in [2.24, 2.45) is 0 Å². The fourth-order valence-electron chi connectivity index (χ4n) is 1.81. The van der Waals surface area contributed by atoms with Gasteiger partial charge < -0.3 is 10.3 Å². The number of anilines is 1. The van der Waals surface area contributed by atoms with Gasteiger partial charge in [-0.05, 0) is 25.1 Å². The van der Waals surface area contributed by atoms with Gasteiger partial charge in [-0.1, -0.05) is 35.0 Å². The fourth-order valence-corrected chi connectivity index (χ4v) is 2.89. The first kappa shape index (κ1) is 16.0. The zero-order valence-electron chi connectivity index (χ0n) is 11.9. The molecule has 118 valence electrons. The quantitative estimate of drug-likeness (QED) is 0.685. The summed E-state index contributed by atoms with van der Waals surface area (Å²) < 4.78 is 0. The number of carbonyl (C=O) groups excluding carboxylic acids is 1. The van der Waals surface area contributed by atoms with Crippen molar-refractivity contribution in [3.05, 3.63) is 40.6 Å². The summed E-state index contributed by atoms with van der Waals surface area (Å²) in [6, 6.07) is 5.05. The molecule has 0 aliphatic rings. The highest BCUT2D eigenvalue weighted by Gasteiger charge is 2.17. The van der Waals surface area contributed by atoms with Crippen molar-refractivity contribution in [1.29, 1.82) is 0 Å². The summed E-state index contributed by atoms with van der Waals surface area (Å²) in [6.45, 7) is 1.78. The maximum absolute atomic E-state index is 12.2. The molecule has 2 N–H and O–H groups in total. The third-order valence-electron chi connectivity index (χ3n) is 2.92. The lowest BCUT2D eigenvalue weighted by atomic mass is 10.4. The van der Waals surface area contributed by atoms with E-state index in [4.69, 9.17) is 23.2 Å². The normalized spacial score (nSPS) is 12.3. The largest absolute Gasteiger partial charge is 0.331 e. The van der Waals surface area contributed by atoms with Crippen LogP contribution in [0.25, 0.3) is 11.2 Å². The summed E-state index contributed by atoms with van der Waals surface area (Å²) in [7, 11) is 0. The Morgan fingerprint density at radius 3 is 2.78 bits per heavy atom. The number of amides is 1. The van der Waals surface area contributed by atoms with E-state index in [0.717, 1.165) is 5.52 Å². The Morgan fingerprint density at radius 2 is 2.04 bits per heavy atom. The summed E-state index contributed by atoms with van der Waals surface area (Å²) in [5, 5.41) is 3.99. The molecular weight excluding hydrogens is 357 g/mol. The van der Waals surface area contributed by atoms with Gasteiger partial charge in [0.05, 0.1) is 20.8 Å². The molecule has 23 heavy (non-hydrogen) atoms. The number of aromatic amines is 1. The fraction of sp³-hybridized carbons (Fsp3) is 0.143. The number of rotatable bonds is 4. The molecule has 9 heteroatoms. The highest BCUT2D eigenvalue weighted by Crippen LogP contribution is 2.24. The van der Waals surface area contributed by atoms with E-state index in [1.807, 2.05) is 0 Å². The molecule has 0 fully saturated rings. The van der Waals surface area contributed by atoms with E-state index >= 15 is 0 Å². The van der Waals surface area contributed by atoms with Gasteiger partial charge in [0.15, 0.2) is 10.8 Å². The molecule has 1 amide bonds. The summed E-state index contributed by atoms with van der Waals surface area (Å²) >= 11 is 12.9. The number of fused-ring (bicyclic) bond motifs is 1. The van der Waals surface area contributed by atoms with Crippen LogP contribution in [-0.4, -0.2) is 31.1 Å². The molecule has 3 aromatic heterocycles. The summed E-state index contributed by atoms with van der Waals surface area (Å²) in [5.41, 5.74) is 1.29. The van der Waals surface area contributed by atoms with Crippen LogP contribution in [0, 0.1) is 0 Å². The van der Waals surface area contributed by atoms with E-state index in [-0.39, 0.29) is 11.2 Å². The van der Waals surface area contributed by atoms with Crippen molar-refractivity contribution in [1.82, 2.24) is 19.9 Å². The number of halogens is 2. The molecule has 6 nitrogen and oxygen atoms in total. The SMILES string of the molecule is C[C@@H](Sc1nc2ncc(Cl)cc2[nH]1)C(=O)Nc1ccc(Cl)cn1. The number of hydrogen-bond acceptors (Lipinski definition) is 5. The topological polar surface area (TPSA) is 83.6 Å². The third kappa shape index (κ3) is 3.93. The number of imidazole rings is 1. The second kappa shape index (κ2) is 6.74. The van der Waals surface area contributed by atoms with Gasteiger partial charge in [0.25, 0.3) is 0 Å². The standard InChI is InChI=1S/C14H11Cl2N5OS/c1-7(13(22)20-11-3-2-8(15)5-17-11)23-14-19-10-4-9(16)6-18-12(10)21-14/h2-7H,1H3,(H,17,20,22)(H,18,19,21)/t7-/m1/s1. The van der Waals surface area contributed by atoms with E-state index in [1.54, 1.807) is 25.1 Å². The van der Waals surface area contributed by atoms with Crippen molar-refractivity contribution in [2.45, 2.75) is 17.3 Å². The van der Waals surface area contributed by atoms with Crippen molar-refractivity contribution >= 4 is 57.9 Å². The minimum Gasteiger partial charge on any atom is -0.331 e. The van der Waals surface area contributed by atoms with Crippen LogP contribution in [0.2, 0.25) is 10.0 Å². The van der Waals surface area contributed by atoms with Gasteiger partial charge in [-0.25, -0.2) is 15.0 Å². The minimum absolute atomic E-state index is 0.184. The van der Waals surface area contributed by atoms with Gasteiger partial charge in [0.2, 0.25) is 5.91 Å². The lowest BCUT2D eigenvalue weighted by molar-refractivity contribution is -0.115. The van der Waals surface area contributed by atoms with Crippen molar-refractivity contribution in [2.75, 3.05) is 5.32 Å². The van der Waals surface area contributed by atoms with Gasteiger partial charge in [0.1, 0.15) is 5.82 Å². The van der Waals surface area contributed by atoms with Crippen molar-refractivity contribution in [3.8, 4) is 0 Å². The molecule has 0 aliphatic heterocycles. The number of nitrogens with zero attached hydrogens (tertiary/aromatic N) is 3. The predicted molar refractivity (Wildman–Crippen MR) is 92.1 cm³/mol. The van der Waals surface area contributed by atoms with Crippen molar-refractivity contribution < 1.29 is 4.79 Å². The van der Waals surface area contributed by atoms with Gasteiger partial charge in [-0.15, -0.1) is 0 Å². The Labute approximate surface area is 146 Å². The van der Waals surface area contributed by atoms with Crippen molar-refractivity contribution in [3.63, 3.8) is 0 Å². The number of carbonyl (C=O) groups is 1. The molecule has 3 heterocycles. The Morgan fingerprint density at radius 1 is 1.26 bits per heavy atom. The lowest BCUT2D eigenvalue weighted by Gasteiger charge is -2.09. The Kier molecular flexibility index (Phi) is 4.70. The van der Waals surface area contributed by atoms with Crippen LogP contribution in [0.1, 0.15) is 6.92 Å². The van der Waals surface area contributed by atoms with Gasteiger partial charge in [0, 0.05) is 12.4 Å². The van der Waals surface area contributed by atoms with Crippen LogP contribution in [0.15, 0.2) is 35.7 Å². The first-order chi connectivity index (χ1) is 11.0. The number of hydrogen-bond donors (Lipinski definition) is 2. The lowest BCUT2D eigenvalue weighted by Crippen LogP contribution is -2.23. The zero-order valence-corrected chi connectivity index (χ0v) is 14.2. The van der Waals surface area contributed by atoms with Gasteiger partial charge in [-0.2, -0.15) is 0 Å². The average molecular weight is 368 g/mol. The third-order valence-corrected chi connectivity index (χ3v) is 4.33. The van der Waals surface area contributed by atoms with Crippen LogP contribution in [-0.2, 0) is 4.79 Å². The summed E-state index contributed by atoms with van der Waals surface area (Å²) in [5.74, 6) is 0.265. The summed E-state index contributed by atoms with van der Waals surface area (Å²) in [6.07, 6.45) is 3.01. The van der Waals surface area contributed by atoms with E-state index < -0.39 is 0 Å². The van der Waals surface area contributed by atoms with Crippen LogP contribution in [0.4, 0.5) is 5.82 Å². The first-order valence-corrected chi connectivity index (χ1v) is 8.25. The Balaban J connectivity index is 1.68. The molecule has 0 saturated carbocycles. The second-order valence-corrected chi connectivity index (χ2v) is 6.88. The predicted octanol–water partition coefficient (Wildman–Crippen LogP) is 3.78. The second-order valence-electron chi connectivity index (χ2n) is 4.68. The highest BCUT2D eigenvalue weighted by atomic mass is 35.5. The zero-order chi connectivity index (χ0) is 16.4. The van der Waals surface area contributed by atoms with Crippen LogP contribution >= 0.6 is 35.0 Å². The molecule has 1 atom stereocenters. The smallest absolute Gasteiger partial charge is 0.238 e. The number of nitrogens with one attached hydrogen (secondary N) is 2. The van der Waals surface area contributed by atoms with Crippen LogP contribution in [0.3, 0.4) is 0 Å². The van der Waals surface area contributed by atoms with Crippen LogP contribution < -0.4 is 5.32 Å². The van der Waals surface area contributed by atoms with E-state index in [0.29, 0.717) is 26.7 Å². The maximum atomic E-state index is 12.2. The number of aromatic nitrogens is 4. The molecule has 0 saturated heterocycles. The average Bonchev–Trinajstić information content (AvgIpc) is 2.90. The molecule has 0 bridgehead atoms. The number of H-pyrrole nitrogens is 1. The van der Waals surface area contributed by atoms with E-state index in [9.17, 15) is 4.79 Å². The Bertz CT molecular complexity index is 852. The monoisotopic (exact) mass is 367 g/mol. The van der Waals surface area contributed by atoms with E-state index in [2.05, 4.69) is 25.3 Å². The first-order valence-electron chi connectivity index (χ1n) is 6.61. The molecular formula is C14H11Cl2N5OS. The van der Waals surface area contributed by atoms with Gasteiger partial charge >= 0.3 is 0 Å². The van der Waals surface area contributed by atoms with Gasteiger partial charge in [-0.3, -0.25) is 4.79 Å². The van der Waals surface area contributed by atoms with Crippen LogP contribution in [0.5, 0.6) is 0 Å². The number of thioether (sulfide) groups is 1. The molecule has 3 rings (SSSR count). The highest BCUT2D eigenvalue weighted by molar-refractivity contribution is 8.00. The summed E-state index contributed by atoms with van der Waals surface area (Å²) in [4.78, 5) is 27.7. The molecule has 0 radical (unpaired) electrons. The Hall–Kier alpha value is -1.83. The molecule has 0 unspecified atom stereocenters. The molecule has 0 spiro atoms.